The fourth-order valence-electron chi connectivity index (χ4n) is 3.05. The fourth-order valence-corrected chi connectivity index (χ4v) is 3.36. The SMILES string of the molecule is COC(=O)C1=C(C)N(Cc2ccccc2)C(=O)NC1c1ccc(Cl)c(Cl)c1. The van der Waals surface area contributed by atoms with E-state index < -0.39 is 12.0 Å². The van der Waals surface area contributed by atoms with Crippen LogP contribution in [0.25, 0.3) is 0 Å². The molecular formula is C20H18Cl2N2O3. The molecule has 140 valence electrons. The standard InChI is InChI=1S/C20H18Cl2N2O3/c1-12-17(19(25)27-2)18(14-8-9-15(21)16(22)10-14)23-20(26)24(12)11-13-6-4-3-5-7-13/h3-10,18H,11H2,1-2H3,(H,23,26). The molecule has 1 atom stereocenters. The molecule has 7 heteroatoms. The Bertz CT molecular complexity index is 913. The molecule has 0 bridgehead atoms. The van der Waals surface area contributed by atoms with E-state index in [0.717, 1.165) is 5.56 Å². The summed E-state index contributed by atoms with van der Waals surface area (Å²) in [6.07, 6.45) is 0. The average Bonchev–Trinajstić information content (AvgIpc) is 2.67. The summed E-state index contributed by atoms with van der Waals surface area (Å²) in [7, 11) is 1.31. The number of urea groups is 1. The van der Waals surface area contributed by atoms with Crippen LogP contribution in [0.2, 0.25) is 10.0 Å². The van der Waals surface area contributed by atoms with Crippen LogP contribution in [0.1, 0.15) is 24.1 Å². The van der Waals surface area contributed by atoms with Crippen LogP contribution < -0.4 is 5.32 Å². The Kier molecular flexibility index (Phi) is 5.73. The number of amides is 2. The normalized spacial score (nSPS) is 17.0. The summed E-state index contributed by atoms with van der Waals surface area (Å²) in [5.74, 6) is -0.512. The Morgan fingerprint density at radius 2 is 1.85 bits per heavy atom. The van der Waals surface area contributed by atoms with Gasteiger partial charge in [-0.1, -0.05) is 59.6 Å². The maximum atomic E-state index is 12.8. The quantitative estimate of drug-likeness (QED) is 0.750. The second kappa shape index (κ2) is 8.03. The van der Waals surface area contributed by atoms with Gasteiger partial charge in [0.25, 0.3) is 0 Å². The van der Waals surface area contributed by atoms with E-state index in [1.807, 2.05) is 30.3 Å². The van der Waals surface area contributed by atoms with E-state index in [4.69, 9.17) is 27.9 Å². The van der Waals surface area contributed by atoms with Gasteiger partial charge in [0.1, 0.15) is 0 Å². The van der Waals surface area contributed by atoms with Gasteiger partial charge in [-0.15, -0.1) is 0 Å². The molecule has 0 saturated heterocycles. The van der Waals surface area contributed by atoms with E-state index >= 15 is 0 Å². The predicted octanol–water partition coefficient (Wildman–Crippen LogP) is 4.71. The maximum Gasteiger partial charge on any atom is 0.337 e. The zero-order valence-corrected chi connectivity index (χ0v) is 16.3. The first-order valence-electron chi connectivity index (χ1n) is 8.28. The van der Waals surface area contributed by atoms with Crippen molar-refractivity contribution in [3.05, 3.63) is 81.0 Å². The Morgan fingerprint density at radius 3 is 2.48 bits per heavy atom. The molecule has 2 aromatic carbocycles. The van der Waals surface area contributed by atoms with Gasteiger partial charge in [-0.25, -0.2) is 9.59 Å². The third kappa shape index (κ3) is 3.94. The number of halogens is 2. The van der Waals surface area contributed by atoms with Crippen LogP contribution >= 0.6 is 23.2 Å². The average molecular weight is 405 g/mol. The van der Waals surface area contributed by atoms with Gasteiger partial charge >= 0.3 is 12.0 Å². The molecule has 5 nitrogen and oxygen atoms in total. The van der Waals surface area contributed by atoms with E-state index in [1.54, 1.807) is 25.1 Å². The molecule has 0 fully saturated rings. The second-order valence-corrected chi connectivity index (χ2v) is 6.93. The van der Waals surface area contributed by atoms with Gasteiger partial charge in [-0.05, 0) is 30.2 Å². The molecule has 27 heavy (non-hydrogen) atoms. The van der Waals surface area contributed by atoms with Crippen LogP contribution in [-0.4, -0.2) is 24.0 Å². The predicted molar refractivity (Wildman–Crippen MR) is 104 cm³/mol. The van der Waals surface area contributed by atoms with E-state index in [1.165, 1.54) is 12.0 Å². The lowest BCUT2D eigenvalue weighted by Crippen LogP contribution is -2.47. The number of esters is 1. The molecule has 3 rings (SSSR count). The van der Waals surface area contributed by atoms with Crippen LogP contribution in [0.15, 0.2) is 59.8 Å². The van der Waals surface area contributed by atoms with Crippen molar-refractivity contribution < 1.29 is 14.3 Å². The van der Waals surface area contributed by atoms with Gasteiger partial charge in [0.05, 0.1) is 35.3 Å². The third-order valence-corrected chi connectivity index (χ3v) is 5.20. The second-order valence-electron chi connectivity index (χ2n) is 6.12. The molecule has 1 heterocycles. The highest BCUT2D eigenvalue weighted by molar-refractivity contribution is 6.42. The first kappa shape index (κ1) is 19.3. The molecule has 0 aromatic heterocycles. The maximum absolute atomic E-state index is 12.8. The largest absolute Gasteiger partial charge is 0.466 e. The van der Waals surface area contributed by atoms with Crippen molar-refractivity contribution in [3.8, 4) is 0 Å². The zero-order valence-electron chi connectivity index (χ0n) is 14.8. The number of benzene rings is 2. The summed E-state index contributed by atoms with van der Waals surface area (Å²) in [5.41, 5.74) is 2.48. The summed E-state index contributed by atoms with van der Waals surface area (Å²) in [4.78, 5) is 26.8. The van der Waals surface area contributed by atoms with Crippen molar-refractivity contribution in [2.45, 2.75) is 19.5 Å². The molecule has 2 aromatic rings. The number of carbonyl (C=O) groups excluding carboxylic acids is 2. The number of rotatable bonds is 4. The zero-order chi connectivity index (χ0) is 19.6. The molecular weight excluding hydrogens is 387 g/mol. The minimum Gasteiger partial charge on any atom is -0.466 e. The van der Waals surface area contributed by atoms with Crippen molar-refractivity contribution in [1.82, 2.24) is 10.2 Å². The smallest absolute Gasteiger partial charge is 0.337 e. The summed E-state index contributed by atoms with van der Waals surface area (Å²) >= 11 is 12.1. The molecule has 1 N–H and O–H groups in total. The number of hydrogen-bond donors (Lipinski definition) is 1. The Labute approximate surface area is 167 Å². The summed E-state index contributed by atoms with van der Waals surface area (Å²) in [5, 5.41) is 3.61. The van der Waals surface area contributed by atoms with Crippen LogP contribution in [0.4, 0.5) is 4.79 Å². The van der Waals surface area contributed by atoms with Gasteiger partial charge in [-0.2, -0.15) is 0 Å². The molecule has 0 spiro atoms. The number of allylic oxidation sites excluding steroid dienone is 1. The number of nitrogens with zero attached hydrogens (tertiary/aromatic N) is 1. The van der Waals surface area contributed by atoms with Gasteiger partial charge in [-0.3, -0.25) is 4.90 Å². The van der Waals surface area contributed by atoms with Crippen LogP contribution in [0, 0.1) is 0 Å². The van der Waals surface area contributed by atoms with Gasteiger partial charge < -0.3 is 10.1 Å². The van der Waals surface area contributed by atoms with Crippen LogP contribution in [0.3, 0.4) is 0 Å². The van der Waals surface area contributed by atoms with Crippen molar-refractivity contribution in [2.75, 3.05) is 7.11 Å². The highest BCUT2D eigenvalue weighted by atomic mass is 35.5. The number of methoxy groups -OCH3 is 1. The fraction of sp³-hybridized carbons (Fsp3) is 0.200. The van der Waals surface area contributed by atoms with Gasteiger partial charge in [0, 0.05) is 5.70 Å². The minimum atomic E-state index is -0.674. The van der Waals surface area contributed by atoms with E-state index in [2.05, 4.69) is 5.32 Å². The van der Waals surface area contributed by atoms with Crippen molar-refractivity contribution in [3.63, 3.8) is 0 Å². The monoisotopic (exact) mass is 404 g/mol. The van der Waals surface area contributed by atoms with Crippen molar-refractivity contribution in [2.24, 2.45) is 0 Å². The summed E-state index contributed by atoms with van der Waals surface area (Å²) in [6.45, 7) is 2.07. The van der Waals surface area contributed by atoms with Gasteiger partial charge in [0.2, 0.25) is 0 Å². The van der Waals surface area contributed by atoms with E-state index in [9.17, 15) is 9.59 Å². The van der Waals surface area contributed by atoms with Crippen molar-refractivity contribution >= 4 is 35.2 Å². The number of nitrogens with one attached hydrogen (secondary N) is 1. The molecule has 1 aliphatic heterocycles. The van der Waals surface area contributed by atoms with Gasteiger partial charge in [0.15, 0.2) is 0 Å². The highest BCUT2D eigenvalue weighted by Crippen LogP contribution is 2.34. The first-order valence-corrected chi connectivity index (χ1v) is 9.04. The Morgan fingerprint density at radius 1 is 1.15 bits per heavy atom. The number of hydrogen-bond acceptors (Lipinski definition) is 3. The summed E-state index contributed by atoms with van der Waals surface area (Å²) < 4.78 is 4.97. The Balaban J connectivity index is 2.04. The highest BCUT2D eigenvalue weighted by Gasteiger charge is 2.36. The van der Waals surface area contributed by atoms with E-state index in [0.29, 0.717) is 33.4 Å². The lowest BCUT2D eigenvalue weighted by atomic mass is 9.94. The molecule has 0 aliphatic carbocycles. The molecule has 0 radical (unpaired) electrons. The molecule has 0 saturated carbocycles. The minimum absolute atomic E-state index is 0.305. The van der Waals surface area contributed by atoms with Crippen molar-refractivity contribution in [1.29, 1.82) is 0 Å². The van der Waals surface area contributed by atoms with E-state index in [-0.39, 0.29) is 6.03 Å². The van der Waals surface area contributed by atoms with Crippen LogP contribution in [-0.2, 0) is 16.1 Å². The molecule has 1 aliphatic rings. The number of carbonyl (C=O) groups is 2. The molecule has 1 unspecified atom stereocenters. The summed E-state index contributed by atoms with van der Waals surface area (Å²) in [6, 6.07) is 13.6. The number of ether oxygens (including phenoxy) is 1. The lowest BCUT2D eigenvalue weighted by Gasteiger charge is -2.35. The topological polar surface area (TPSA) is 58.6 Å². The third-order valence-electron chi connectivity index (χ3n) is 4.46. The lowest BCUT2D eigenvalue weighted by molar-refractivity contribution is -0.136. The Hall–Kier alpha value is -2.50. The first-order chi connectivity index (χ1) is 12.9. The van der Waals surface area contributed by atoms with Crippen LogP contribution in [0.5, 0.6) is 0 Å². The molecule has 2 amide bonds.